The first kappa shape index (κ1) is 16.5. The lowest BCUT2D eigenvalue weighted by molar-refractivity contribution is -0.145. The van der Waals surface area contributed by atoms with Crippen LogP contribution in [0.15, 0.2) is 0 Å². The SMILES string of the molecule is COC(=O)[C@@H](NC1CCCCC1C(C)(C)C)C(C)C. The number of hydrogen-bond acceptors (Lipinski definition) is 3. The second-order valence-corrected chi connectivity index (χ2v) is 7.27. The van der Waals surface area contributed by atoms with Crippen LogP contribution in [-0.4, -0.2) is 25.2 Å². The minimum absolute atomic E-state index is 0.131. The Balaban J connectivity index is 2.77. The van der Waals surface area contributed by atoms with Crippen LogP contribution in [0.1, 0.15) is 60.3 Å². The first-order valence-electron chi connectivity index (χ1n) is 7.61. The molecular formula is C16H31NO2. The van der Waals surface area contributed by atoms with Crippen LogP contribution in [0, 0.1) is 17.3 Å². The molecule has 0 aromatic heterocycles. The third kappa shape index (κ3) is 4.48. The molecule has 1 rings (SSSR count). The van der Waals surface area contributed by atoms with Crippen LogP contribution < -0.4 is 5.32 Å². The fraction of sp³-hybridized carbons (Fsp3) is 0.938. The molecule has 1 N–H and O–H groups in total. The van der Waals surface area contributed by atoms with Crippen LogP contribution >= 0.6 is 0 Å². The number of rotatable bonds is 4. The van der Waals surface area contributed by atoms with Crippen LogP contribution in [0.3, 0.4) is 0 Å². The van der Waals surface area contributed by atoms with E-state index < -0.39 is 0 Å². The number of hydrogen-bond donors (Lipinski definition) is 1. The average molecular weight is 269 g/mol. The van der Waals surface area contributed by atoms with Crippen molar-refractivity contribution in [3.63, 3.8) is 0 Å². The van der Waals surface area contributed by atoms with Crippen LogP contribution in [0.5, 0.6) is 0 Å². The zero-order valence-corrected chi connectivity index (χ0v) is 13.5. The topological polar surface area (TPSA) is 38.3 Å². The molecule has 3 nitrogen and oxygen atoms in total. The van der Waals surface area contributed by atoms with E-state index in [0.717, 1.165) is 0 Å². The highest BCUT2D eigenvalue weighted by Gasteiger charge is 2.37. The van der Waals surface area contributed by atoms with E-state index in [1.807, 2.05) is 0 Å². The van der Waals surface area contributed by atoms with Gasteiger partial charge in [0, 0.05) is 6.04 Å². The van der Waals surface area contributed by atoms with Crippen LogP contribution in [0.2, 0.25) is 0 Å². The number of ether oxygens (including phenoxy) is 1. The molecule has 112 valence electrons. The fourth-order valence-electron chi connectivity index (χ4n) is 3.26. The molecule has 1 saturated carbocycles. The van der Waals surface area contributed by atoms with Gasteiger partial charge in [-0.15, -0.1) is 0 Å². The van der Waals surface area contributed by atoms with Gasteiger partial charge >= 0.3 is 5.97 Å². The van der Waals surface area contributed by atoms with E-state index in [9.17, 15) is 4.79 Å². The van der Waals surface area contributed by atoms with Crippen molar-refractivity contribution >= 4 is 5.97 Å². The van der Waals surface area contributed by atoms with Gasteiger partial charge in [0.25, 0.3) is 0 Å². The molecule has 0 radical (unpaired) electrons. The Labute approximate surface area is 118 Å². The molecule has 0 aliphatic heterocycles. The van der Waals surface area contributed by atoms with Gasteiger partial charge in [-0.3, -0.25) is 4.79 Å². The summed E-state index contributed by atoms with van der Waals surface area (Å²) in [5.74, 6) is 0.760. The molecule has 0 heterocycles. The number of carbonyl (C=O) groups is 1. The Morgan fingerprint density at radius 3 is 2.26 bits per heavy atom. The normalized spacial score (nSPS) is 26.3. The summed E-state index contributed by atoms with van der Waals surface area (Å²) in [7, 11) is 1.47. The van der Waals surface area contributed by atoms with Crippen LogP contribution in [0.25, 0.3) is 0 Å². The van der Waals surface area contributed by atoms with Gasteiger partial charge in [0.15, 0.2) is 0 Å². The predicted molar refractivity (Wildman–Crippen MR) is 79.0 cm³/mol. The molecule has 0 saturated heterocycles. The maximum absolute atomic E-state index is 11.9. The van der Waals surface area contributed by atoms with Crippen molar-refractivity contribution in [3.05, 3.63) is 0 Å². The lowest BCUT2D eigenvalue weighted by Crippen LogP contribution is -2.53. The third-order valence-electron chi connectivity index (χ3n) is 4.39. The van der Waals surface area contributed by atoms with Crippen LogP contribution in [-0.2, 0) is 9.53 Å². The highest BCUT2D eigenvalue weighted by molar-refractivity contribution is 5.76. The van der Waals surface area contributed by atoms with Crippen molar-refractivity contribution in [2.24, 2.45) is 17.3 Å². The molecule has 1 fully saturated rings. The minimum Gasteiger partial charge on any atom is -0.468 e. The molecular weight excluding hydrogens is 238 g/mol. The molecule has 1 aliphatic rings. The van der Waals surface area contributed by atoms with Crippen molar-refractivity contribution in [2.75, 3.05) is 7.11 Å². The first-order valence-corrected chi connectivity index (χ1v) is 7.61. The van der Waals surface area contributed by atoms with E-state index in [1.165, 1.54) is 32.8 Å². The maximum atomic E-state index is 11.9. The van der Waals surface area contributed by atoms with Gasteiger partial charge in [0.2, 0.25) is 0 Å². The van der Waals surface area contributed by atoms with Crippen molar-refractivity contribution < 1.29 is 9.53 Å². The van der Waals surface area contributed by atoms with Crippen molar-refractivity contribution in [3.8, 4) is 0 Å². The summed E-state index contributed by atoms with van der Waals surface area (Å²) in [4.78, 5) is 11.9. The summed E-state index contributed by atoms with van der Waals surface area (Å²) < 4.78 is 4.93. The Bertz CT molecular complexity index is 294. The quantitative estimate of drug-likeness (QED) is 0.795. The van der Waals surface area contributed by atoms with Gasteiger partial charge < -0.3 is 10.1 Å². The number of esters is 1. The molecule has 3 heteroatoms. The summed E-state index contributed by atoms with van der Waals surface area (Å²) in [5.41, 5.74) is 0.287. The molecule has 1 aliphatic carbocycles. The predicted octanol–water partition coefficient (Wildman–Crippen LogP) is 3.38. The highest BCUT2D eigenvalue weighted by atomic mass is 16.5. The highest BCUT2D eigenvalue weighted by Crippen LogP contribution is 2.38. The lowest BCUT2D eigenvalue weighted by Gasteiger charge is -2.42. The molecule has 19 heavy (non-hydrogen) atoms. The Morgan fingerprint density at radius 1 is 1.21 bits per heavy atom. The standard InChI is InChI=1S/C16H31NO2/c1-11(2)14(15(18)19-6)17-13-10-8-7-9-12(13)16(3,4)5/h11-14,17H,7-10H2,1-6H3/t12?,13?,14-/m0/s1. The van der Waals surface area contributed by atoms with Crippen molar-refractivity contribution in [1.82, 2.24) is 5.32 Å². The summed E-state index contributed by atoms with van der Waals surface area (Å²) in [6.45, 7) is 11.1. The fourth-order valence-corrected chi connectivity index (χ4v) is 3.26. The van der Waals surface area contributed by atoms with E-state index in [1.54, 1.807) is 0 Å². The lowest BCUT2D eigenvalue weighted by atomic mass is 9.69. The molecule has 0 amide bonds. The van der Waals surface area contributed by atoms with E-state index in [0.29, 0.717) is 12.0 Å². The van der Waals surface area contributed by atoms with Crippen LogP contribution in [0.4, 0.5) is 0 Å². The molecule has 3 atom stereocenters. The Hall–Kier alpha value is -0.570. The largest absolute Gasteiger partial charge is 0.468 e. The monoisotopic (exact) mass is 269 g/mol. The Kier molecular flexibility index (Phi) is 5.84. The molecule has 0 bridgehead atoms. The van der Waals surface area contributed by atoms with Gasteiger partial charge in [0.1, 0.15) is 6.04 Å². The summed E-state index contributed by atoms with van der Waals surface area (Å²) >= 11 is 0. The smallest absolute Gasteiger partial charge is 0.323 e. The number of nitrogens with one attached hydrogen (secondary N) is 1. The zero-order valence-electron chi connectivity index (χ0n) is 13.5. The summed E-state index contributed by atoms with van der Waals surface area (Å²) in [6.07, 6.45) is 5.00. The Morgan fingerprint density at radius 2 is 1.79 bits per heavy atom. The number of methoxy groups -OCH3 is 1. The maximum Gasteiger partial charge on any atom is 0.323 e. The molecule has 0 spiro atoms. The first-order chi connectivity index (χ1) is 8.77. The second-order valence-electron chi connectivity index (χ2n) is 7.27. The minimum atomic E-state index is -0.182. The average Bonchev–Trinajstić information content (AvgIpc) is 2.34. The number of carbonyl (C=O) groups excluding carboxylic acids is 1. The van der Waals surface area contributed by atoms with Gasteiger partial charge in [-0.25, -0.2) is 0 Å². The van der Waals surface area contributed by atoms with Crippen molar-refractivity contribution in [2.45, 2.75) is 72.4 Å². The van der Waals surface area contributed by atoms with Gasteiger partial charge in [0.05, 0.1) is 7.11 Å². The van der Waals surface area contributed by atoms with E-state index >= 15 is 0 Å². The van der Waals surface area contributed by atoms with E-state index in [2.05, 4.69) is 39.9 Å². The van der Waals surface area contributed by atoms with Gasteiger partial charge in [-0.05, 0) is 30.1 Å². The van der Waals surface area contributed by atoms with Gasteiger partial charge in [-0.2, -0.15) is 0 Å². The van der Waals surface area contributed by atoms with E-state index in [-0.39, 0.29) is 23.3 Å². The van der Waals surface area contributed by atoms with Gasteiger partial charge in [-0.1, -0.05) is 47.5 Å². The van der Waals surface area contributed by atoms with Crippen molar-refractivity contribution in [1.29, 1.82) is 0 Å². The van der Waals surface area contributed by atoms with E-state index in [4.69, 9.17) is 4.74 Å². The molecule has 0 aromatic rings. The molecule has 2 unspecified atom stereocenters. The summed E-state index contributed by atoms with van der Waals surface area (Å²) in [6, 6.07) is 0.248. The zero-order chi connectivity index (χ0) is 14.6. The second kappa shape index (κ2) is 6.74. The molecule has 0 aromatic carbocycles. The third-order valence-corrected chi connectivity index (χ3v) is 4.39. The summed E-state index contributed by atoms with van der Waals surface area (Å²) in [5, 5.41) is 3.59.